The number of carboxylic acid groups (broad SMARTS) is 2. The molecule has 0 spiro atoms. The van der Waals surface area contributed by atoms with Crippen LogP contribution >= 0.6 is 69.6 Å². The van der Waals surface area contributed by atoms with E-state index >= 15 is 0 Å². The maximum Gasteiger partial charge on any atom is 0.328 e. The van der Waals surface area contributed by atoms with Gasteiger partial charge in [0.2, 0.25) is 7.59 Å². The van der Waals surface area contributed by atoms with Gasteiger partial charge >= 0.3 is 11.9 Å². The molecule has 0 saturated heterocycles. The van der Waals surface area contributed by atoms with Crippen molar-refractivity contribution in [2.24, 2.45) is 0 Å². The fraction of sp³-hybridized carbons (Fsp3) is 0.250. The van der Waals surface area contributed by atoms with Crippen LogP contribution in [0.4, 0.5) is 0 Å². The van der Waals surface area contributed by atoms with E-state index in [2.05, 4.69) is 0 Å². The standard InChI is InChI=1S/2C4H3Cl3O2.Zn/c2*5-4(6,7)2-1-3(8)9;/h2*1-2H,(H,8,9);/b2*2-1+;. The molecule has 0 aromatic heterocycles. The zero-order valence-corrected chi connectivity index (χ0v) is 16.5. The van der Waals surface area contributed by atoms with Crippen LogP contribution in [-0.2, 0) is 29.1 Å². The van der Waals surface area contributed by atoms with Crippen molar-refractivity contribution >= 4 is 81.5 Å². The van der Waals surface area contributed by atoms with E-state index in [1.54, 1.807) is 0 Å². The molecule has 0 unspecified atom stereocenters. The Bertz CT molecular complexity index is 310. The molecule has 0 aliphatic rings. The normalized spacial score (nSPS) is 11.7. The topological polar surface area (TPSA) is 74.6 Å². The Labute approximate surface area is 152 Å². The summed E-state index contributed by atoms with van der Waals surface area (Å²) < 4.78 is -3.23. The largest absolute Gasteiger partial charge is 0.478 e. The summed E-state index contributed by atoms with van der Waals surface area (Å²) in [5.41, 5.74) is 0. The first kappa shape index (κ1) is 24.8. The van der Waals surface area contributed by atoms with E-state index in [9.17, 15) is 9.59 Å². The van der Waals surface area contributed by atoms with Crippen LogP contribution in [-0.4, -0.2) is 29.7 Å². The van der Waals surface area contributed by atoms with Crippen LogP contribution in [0.25, 0.3) is 0 Å². The summed E-state index contributed by atoms with van der Waals surface area (Å²) in [7, 11) is 0. The molecule has 0 bridgehead atoms. The van der Waals surface area contributed by atoms with Gasteiger partial charge in [-0.25, -0.2) is 9.59 Å². The van der Waals surface area contributed by atoms with Gasteiger partial charge in [-0.3, -0.25) is 0 Å². The smallest absolute Gasteiger partial charge is 0.328 e. The van der Waals surface area contributed by atoms with Crippen molar-refractivity contribution in [3.63, 3.8) is 0 Å². The Morgan fingerprint density at radius 1 is 0.737 bits per heavy atom. The van der Waals surface area contributed by atoms with E-state index < -0.39 is 19.5 Å². The van der Waals surface area contributed by atoms with Crippen molar-refractivity contribution in [1.29, 1.82) is 0 Å². The summed E-state index contributed by atoms with van der Waals surface area (Å²) in [6, 6.07) is 0. The molecule has 0 aromatic carbocycles. The van der Waals surface area contributed by atoms with Gasteiger partial charge < -0.3 is 10.2 Å². The van der Waals surface area contributed by atoms with Gasteiger partial charge in [0.25, 0.3) is 0 Å². The first-order valence-corrected chi connectivity index (χ1v) is 6.08. The zero-order valence-electron chi connectivity index (χ0n) is 9.00. The number of carboxylic acids is 2. The summed E-state index contributed by atoms with van der Waals surface area (Å²) in [5, 5.41) is 16.0. The number of hydrogen-bond donors (Lipinski definition) is 2. The number of aliphatic carboxylic acids is 2. The van der Waals surface area contributed by atoms with Gasteiger partial charge in [-0.1, -0.05) is 69.6 Å². The van der Waals surface area contributed by atoms with Crippen LogP contribution in [0.2, 0.25) is 0 Å². The van der Waals surface area contributed by atoms with Crippen LogP contribution in [0.3, 0.4) is 0 Å². The van der Waals surface area contributed by atoms with E-state index in [1.807, 2.05) is 0 Å². The predicted octanol–water partition coefficient (Wildman–Crippen LogP) is 3.99. The molecule has 0 aliphatic heterocycles. The molecule has 0 radical (unpaired) electrons. The van der Waals surface area contributed by atoms with Crippen molar-refractivity contribution in [3.05, 3.63) is 24.3 Å². The summed E-state index contributed by atoms with van der Waals surface area (Å²) in [6.45, 7) is 0. The minimum Gasteiger partial charge on any atom is -0.478 e. The maximum absolute atomic E-state index is 9.78. The number of hydrogen-bond acceptors (Lipinski definition) is 2. The Morgan fingerprint density at radius 2 is 0.947 bits per heavy atom. The minimum absolute atomic E-state index is 0. The number of carbonyl (C=O) groups is 2. The van der Waals surface area contributed by atoms with Gasteiger partial charge in [-0.15, -0.1) is 0 Å². The Morgan fingerprint density at radius 3 is 1.00 bits per heavy atom. The SMILES string of the molecule is O=C(O)/C=C/C(Cl)(Cl)Cl.O=C(O)/C=C/C(Cl)(Cl)Cl.[Zn]. The molecule has 0 amide bonds. The molecule has 0 atom stereocenters. The molecule has 0 rings (SSSR count). The van der Waals surface area contributed by atoms with Crippen LogP contribution in [0.5, 0.6) is 0 Å². The first-order valence-electron chi connectivity index (χ1n) is 3.81. The molecule has 4 nitrogen and oxygen atoms in total. The molecule has 2 N–H and O–H groups in total. The third-order valence-corrected chi connectivity index (χ3v) is 1.59. The quantitative estimate of drug-likeness (QED) is 0.384. The molecule has 0 aliphatic carbocycles. The summed E-state index contributed by atoms with van der Waals surface area (Å²) in [6.07, 6.45) is 3.46. The summed E-state index contributed by atoms with van der Waals surface area (Å²) in [5.74, 6) is -2.28. The number of alkyl halides is 6. The second-order valence-electron chi connectivity index (χ2n) is 2.43. The van der Waals surface area contributed by atoms with Gasteiger partial charge in [0, 0.05) is 31.6 Å². The third-order valence-electron chi connectivity index (χ3n) is 0.830. The average molecular weight is 444 g/mol. The van der Waals surface area contributed by atoms with Gasteiger partial charge in [-0.2, -0.15) is 0 Å². The van der Waals surface area contributed by atoms with Gasteiger partial charge in [0.05, 0.1) is 0 Å². The van der Waals surface area contributed by atoms with Crippen molar-refractivity contribution in [3.8, 4) is 0 Å². The van der Waals surface area contributed by atoms with Crippen molar-refractivity contribution in [2.75, 3.05) is 0 Å². The molecule has 0 fully saturated rings. The zero-order chi connectivity index (χ0) is 15.0. The fourth-order valence-electron chi connectivity index (χ4n) is 0.332. The molecule has 0 aromatic rings. The second kappa shape index (κ2) is 11.4. The summed E-state index contributed by atoms with van der Waals surface area (Å²) >= 11 is 30.9. The van der Waals surface area contributed by atoms with E-state index in [1.165, 1.54) is 0 Å². The molecule has 106 valence electrons. The molecule has 11 heteroatoms. The van der Waals surface area contributed by atoms with Crippen LogP contribution in [0.15, 0.2) is 24.3 Å². The molecule has 0 saturated carbocycles. The van der Waals surface area contributed by atoms with Gasteiger partial charge in [0.1, 0.15) is 0 Å². The van der Waals surface area contributed by atoms with Crippen LogP contribution in [0.1, 0.15) is 0 Å². The maximum atomic E-state index is 9.78. The summed E-state index contributed by atoms with van der Waals surface area (Å²) in [4.78, 5) is 19.6. The van der Waals surface area contributed by atoms with Gasteiger partial charge in [-0.05, 0) is 12.2 Å². The number of rotatable bonds is 2. The van der Waals surface area contributed by atoms with Crippen molar-refractivity contribution in [1.82, 2.24) is 0 Å². The third kappa shape index (κ3) is 32.4. The fourth-order valence-corrected chi connectivity index (χ4v) is 0.710. The predicted molar refractivity (Wildman–Crippen MR) is 74.1 cm³/mol. The molecule has 0 heterocycles. The van der Waals surface area contributed by atoms with E-state index in [0.717, 1.165) is 24.3 Å². The Kier molecular flexibility index (Phi) is 14.9. The molecular formula is C8H6Cl6O4Zn. The van der Waals surface area contributed by atoms with E-state index in [-0.39, 0.29) is 19.5 Å². The number of halogens is 6. The molecular weight excluding hydrogens is 438 g/mol. The van der Waals surface area contributed by atoms with E-state index in [4.69, 9.17) is 79.8 Å². The molecule has 19 heavy (non-hydrogen) atoms. The van der Waals surface area contributed by atoms with Crippen molar-refractivity contribution in [2.45, 2.75) is 7.59 Å². The van der Waals surface area contributed by atoms with Crippen LogP contribution < -0.4 is 0 Å². The van der Waals surface area contributed by atoms with E-state index in [0.29, 0.717) is 0 Å². The Balaban J connectivity index is -0.000000256. The second-order valence-corrected chi connectivity index (χ2v) is 7.16. The monoisotopic (exact) mass is 440 g/mol. The van der Waals surface area contributed by atoms with Crippen molar-refractivity contribution < 1.29 is 39.3 Å². The van der Waals surface area contributed by atoms with Gasteiger partial charge in [0.15, 0.2) is 0 Å². The Hall–Kier alpha value is 0.783. The van der Waals surface area contributed by atoms with Crippen LogP contribution in [0, 0.1) is 0 Å². The minimum atomic E-state index is -1.61. The average Bonchev–Trinajstić information content (AvgIpc) is 2.10. The number of allylic oxidation sites excluding steroid dienone is 2. The first-order chi connectivity index (χ1) is 7.83.